The minimum Gasteiger partial charge on any atom is -0.481 e. The van der Waals surface area contributed by atoms with E-state index in [4.69, 9.17) is 27.9 Å². The third-order valence-electron chi connectivity index (χ3n) is 6.59. The number of amides is 1. The van der Waals surface area contributed by atoms with E-state index in [0.29, 0.717) is 15.6 Å². The Bertz CT molecular complexity index is 1200. The van der Waals surface area contributed by atoms with Crippen molar-refractivity contribution in [2.45, 2.75) is 11.8 Å². The smallest absolute Gasteiger partial charge is 0.409 e. The lowest BCUT2D eigenvalue weighted by Gasteiger charge is -2.19. The molecule has 3 aromatic carbocycles. The summed E-state index contributed by atoms with van der Waals surface area (Å²) < 4.78 is 5.73. The second kappa shape index (κ2) is 8.73. The van der Waals surface area contributed by atoms with E-state index in [2.05, 4.69) is 24.3 Å². The Morgan fingerprint density at radius 2 is 1.55 bits per heavy atom. The monoisotopic (exact) mass is 481 g/mol. The number of nitrogens with zero attached hydrogens (tertiary/aromatic N) is 1. The van der Waals surface area contributed by atoms with Gasteiger partial charge in [-0.3, -0.25) is 4.79 Å². The SMILES string of the molecule is O=C(O)[C@@H]1CN(C(=O)OCC2c3ccccc3-c3ccccc32)C[C@H]1c1ccc(Cl)cc1Cl. The van der Waals surface area contributed by atoms with Crippen molar-refractivity contribution >= 4 is 35.3 Å². The molecule has 1 fully saturated rings. The maximum atomic E-state index is 13.0. The molecule has 5 rings (SSSR count). The molecule has 2 aliphatic rings. The maximum Gasteiger partial charge on any atom is 0.409 e. The number of likely N-dealkylation sites (tertiary alicyclic amines) is 1. The van der Waals surface area contributed by atoms with Crippen LogP contribution in [0.15, 0.2) is 66.7 Å². The van der Waals surface area contributed by atoms with Crippen molar-refractivity contribution in [1.29, 1.82) is 0 Å². The van der Waals surface area contributed by atoms with Gasteiger partial charge in [0, 0.05) is 35.0 Å². The summed E-state index contributed by atoms with van der Waals surface area (Å²) in [5.41, 5.74) is 5.23. The molecule has 0 spiro atoms. The molecule has 0 radical (unpaired) electrons. The van der Waals surface area contributed by atoms with Gasteiger partial charge in [-0.2, -0.15) is 0 Å². The lowest BCUT2D eigenvalue weighted by molar-refractivity contribution is -0.141. The molecule has 1 N–H and O–H groups in total. The van der Waals surface area contributed by atoms with E-state index in [1.807, 2.05) is 24.3 Å². The molecule has 1 saturated heterocycles. The molecule has 0 bridgehead atoms. The highest BCUT2D eigenvalue weighted by molar-refractivity contribution is 6.35. The van der Waals surface area contributed by atoms with Crippen LogP contribution in [0.4, 0.5) is 4.79 Å². The van der Waals surface area contributed by atoms with E-state index in [1.54, 1.807) is 18.2 Å². The van der Waals surface area contributed by atoms with Crippen LogP contribution in [0.3, 0.4) is 0 Å². The van der Waals surface area contributed by atoms with Gasteiger partial charge in [-0.05, 0) is 39.9 Å². The Balaban J connectivity index is 1.33. The molecule has 33 heavy (non-hydrogen) atoms. The lowest BCUT2D eigenvalue weighted by Crippen LogP contribution is -2.31. The van der Waals surface area contributed by atoms with Gasteiger partial charge in [0.05, 0.1) is 5.92 Å². The Morgan fingerprint density at radius 3 is 2.15 bits per heavy atom. The van der Waals surface area contributed by atoms with Crippen LogP contribution in [0.2, 0.25) is 10.0 Å². The van der Waals surface area contributed by atoms with Crippen molar-refractivity contribution in [1.82, 2.24) is 4.90 Å². The first kappa shape index (κ1) is 21.8. The predicted octanol–water partition coefficient (Wildman–Crippen LogP) is 6.04. The molecular weight excluding hydrogens is 461 g/mol. The molecule has 1 heterocycles. The van der Waals surface area contributed by atoms with Crippen LogP contribution in [0, 0.1) is 5.92 Å². The molecule has 1 amide bonds. The third-order valence-corrected chi connectivity index (χ3v) is 7.16. The van der Waals surface area contributed by atoms with Gasteiger partial charge < -0.3 is 14.7 Å². The van der Waals surface area contributed by atoms with Crippen LogP contribution in [0.5, 0.6) is 0 Å². The van der Waals surface area contributed by atoms with Gasteiger partial charge in [0.25, 0.3) is 0 Å². The van der Waals surface area contributed by atoms with Crippen LogP contribution >= 0.6 is 23.2 Å². The lowest BCUT2D eigenvalue weighted by atomic mass is 9.89. The molecule has 1 aliphatic carbocycles. The Kier molecular flexibility index (Phi) is 5.77. The Labute approximate surface area is 201 Å². The number of benzene rings is 3. The molecule has 3 aromatic rings. The van der Waals surface area contributed by atoms with Crippen molar-refractivity contribution in [3.05, 3.63) is 93.5 Å². The van der Waals surface area contributed by atoms with Crippen LogP contribution in [0.25, 0.3) is 11.1 Å². The van der Waals surface area contributed by atoms with Gasteiger partial charge in [0.15, 0.2) is 0 Å². The van der Waals surface area contributed by atoms with Crippen LogP contribution in [-0.2, 0) is 9.53 Å². The van der Waals surface area contributed by atoms with Crippen molar-refractivity contribution in [3.8, 4) is 11.1 Å². The van der Waals surface area contributed by atoms with Gasteiger partial charge >= 0.3 is 12.1 Å². The van der Waals surface area contributed by atoms with E-state index in [0.717, 1.165) is 22.3 Å². The van der Waals surface area contributed by atoms with E-state index in [-0.39, 0.29) is 25.6 Å². The number of hydrogen-bond donors (Lipinski definition) is 1. The fraction of sp³-hybridized carbons (Fsp3) is 0.231. The number of carboxylic acid groups (broad SMARTS) is 1. The summed E-state index contributed by atoms with van der Waals surface area (Å²) in [6.45, 7) is 0.470. The van der Waals surface area contributed by atoms with Gasteiger partial charge in [-0.15, -0.1) is 0 Å². The van der Waals surface area contributed by atoms with E-state index >= 15 is 0 Å². The minimum atomic E-state index is -0.972. The molecule has 2 atom stereocenters. The number of hydrogen-bond acceptors (Lipinski definition) is 3. The molecular formula is C26H21Cl2NO4. The third kappa shape index (κ3) is 3.96. The zero-order valence-electron chi connectivity index (χ0n) is 17.6. The topological polar surface area (TPSA) is 66.8 Å². The molecule has 0 unspecified atom stereocenters. The second-order valence-electron chi connectivity index (χ2n) is 8.43. The summed E-state index contributed by atoms with van der Waals surface area (Å²) in [6.07, 6.45) is -0.518. The van der Waals surface area contributed by atoms with Gasteiger partial charge in [-0.1, -0.05) is 77.8 Å². The highest BCUT2D eigenvalue weighted by Gasteiger charge is 2.42. The van der Waals surface area contributed by atoms with E-state index in [9.17, 15) is 14.7 Å². The fourth-order valence-electron chi connectivity index (χ4n) is 5.01. The number of ether oxygens (including phenoxy) is 1. The molecule has 0 saturated carbocycles. The summed E-state index contributed by atoms with van der Waals surface area (Å²) in [5, 5.41) is 10.6. The zero-order chi connectivity index (χ0) is 23.1. The zero-order valence-corrected chi connectivity index (χ0v) is 19.1. The fourth-order valence-corrected chi connectivity index (χ4v) is 5.55. The number of rotatable bonds is 4. The van der Waals surface area contributed by atoms with Crippen LogP contribution < -0.4 is 0 Å². The predicted molar refractivity (Wildman–Crippen MR) is 127 cm³/mol. The summed E-state index contributed by atoms with van der Waals surface area (Å²) in [5.74, 6) is -2.24. The molecule has 1 aliphatic heterocycles. The molecule has 7 heteroatoms. The van der Waals surface area contributed by atoms with E-state index < -0.39 is 23.9 Å². The normalized spacial score (nSPS) is 19.3. The number of carbonyl (C=O) groups excluding carboxylic acids is 1. The van der Waals surface area contributed by atoms with Crippen LogP contribution in [-0.4, -0.2) is 41.8 Å². The first-order chi connectivity index (χ1) is 15.9. The van der Waals surface area contributed by atoms with Crippen LogP contribution in [0.1, 0.15) is 28.5 Å². The minimum absolute atomic E-state index is 0.0549. The second-order valence-corrected chi connectivity index (χ2v) is 9.27. The Hall–Kier alpha value is -3.02. The average molecular weight is 482 g/mol. The first-order valence-electron chi connectivity index (χ1n) is 10.7. The quantitative estimate of drug-likeness (QED) is 0.492. The van der Waals surface area contributed by atoms with Crippen molar-refractivity contribution < 1.29 is 19.4 Å². The molecule has 5 nitrogen and oxygen atoms in total. The molecule has 0 aromatic heterocycles. The van der Waals surface area contributed by atoms with Gasteiger partial charge in [0.2, 0.25) is 0 Å². The summed E-state index contributed by atoms with van der Waals surface area (Å²) in [7, 11) is 0. The highest BCUT2D eigenvalue weighted by atomic mass is 35.5. The van der Waals surface area contributed by atoms with E-state index in [1.165, 1.54) is 4.90 Å². The number of aliphatic carboxylic acids is 1. The Morgan fingerprint density at radius 1 is 0.909 bits per heavy atom. The number of halogens is 2. The summed E-state index contributed by atoms with van der Waals surface area (Å²) in [6, 6.07) is 21.2. The van der Waals surface area contributed by atoms with Crippen molar-refractivity contribution in [2.24, 2.45) is 5.92 Å². The average Bonchev–Trinajstić information content (AvgIpc) is 3.38. The largest absolute Gasteiger partial charge is 0.481 e. The molecule has 168 valence electrons. The van der Waals surface area contributed by atoms with Crippen molar-refractivity contribution in [2.75, 3.05) is 19.7 Å². The maximum absolute atomic E-state index is 13.0. The van der Waals surface area contributed by atoms with Gasteiger partial charge in [0.1, 0.15) is 6.61 Å². The highest BCUT2D eigenvalue weighted by Crippen LogP contribution is 2.45. The van der Waals surface area contributed by atoms with Crippen molar-refractivity contribution in [3.63, 3.8) is 0 Å². The first-order valence-corrected chi connectivity index (χ1v) is 11.5. The standard InChI is InChI=1S/C26H21Cl2NO4/c27-15-9-10-20(24(28)11-15)21-12-29(13-22(21)25(30)31)26(32)33-14-23-18-7-3-1-5-16(18)17-6-2-4-8-19(17)23/h1-11,21-23H,12-14H2,(H,30,31)/t21-,22+/m0/s1. The van der Waals surface area contributed by atoms with Gasteiger partial charge in [-0.25, -0.2) is 4.79 Å². The summed E-state index contributed by atoms with van der Waals surface area (Å²) in [4.78, 5) is 26.4. The summed E-state index contributed by atoms with van der Waals surface area (Å²) >= 11 is 12.3. The number of fused-ring (bicyclic) bond motifs is 3. The number of carbonyl (C=O) groups is 2. The number of carboxylic acids is 1.